The maximum absolute atomic E-state index is 5.87. The fraction of sp³-hybridized carbons (Fsp3) is 0.533. The van der Waals surface area contributed by atoms with Crippen molar-refractivity contribution in [3.8, 4) is 0 Å². The Labute approximate surface area is 109 Å². The van der Waals surface area contributed by atoms with Crippen LogP contribution in [0.25, 0.3) is 0 Å². The molecule has 0 unspecified atom stereocenters. The fourth-order valence-electron chi connectivity index (χ4n) is 2.20. The Balaban J connectivity index is 1.84. The summed E-state index contributed by atoms with van der Waals surface area (Å²) in [5, 5.41) is 3.21. The van der Waals surface area contributed by atoms with Crippen LogP contribution in [0, 0.1) is 19.8 Å². The number of nitrogens with two attached hydrogens (primary N) is 1. The molecule has 2 rings (SSSR count). The van der Waals surface area contributed by atoms with E-state index in [0.29, 0.717) is 12.5 Å². The monoisotopic (exact) mass is 245 g/mol. The van der Waals surface area contributed by atoms with Crippen LogP contribution < -0.4 is 11.1 Å². The third kappa shape index (κ3) is 3.49. The number of rotatable bonds is 4. The quantitative estimate of drug-likeness (QED) is 0.632. The van der Waals surface area contributed by atoms with Gasteiger partial charge in [-0.3, -0.25) is 0 Å². The van der Waals surface area contributed by atoms with Gasteiger partial charge in [-0.2, -0.15) is 0 Å². The van der Waals surface area contributed by atoms with Crippen LogP contribution in [0.15, 0.2) is 23.2 Å². The number of nitrogens with one attached hydrogen (secondary N) is 1. The lowest BCUT2D eigenvalue weighted by Gasteiger charge is -2.25. The largest absolute Gasteiger partial charge is 0.370 e. The molecule has 0 aromatic heterocycles. The molecule has 98 valence electrons. The minimum absolute atomic E-state index is 0.571. The molecule has 3 nitrogen and oxygen atoms in total. The average Bonchev–Trinajstić information content (AvgIpc) is 2.25. The van der Waals surface area contributed by atoms with Crippen molar-refractivity contribution in [3.63, 3.8) is 0 Å². The molecular formula is C15H23N3. The highest BCUT2D eigenvalue weighted by Crippen LogP contribution is 2.24. The maximum Gasteiger partial charge on any atom is 0.188 e. The van der Waals surface area contributed by atoms with E-state index in [4.69, 9.17) is 5.73 Å². The zero-order valence-corrected chi connectivity index (χ0v) is 11.4. The highest BCUT2D eigenvalue weighted by Gasteiger charge is 2.16. The van der Waals surface area contributed by atoms with Gasteiger partial charge in [-0.1, -0.05) is 30.2 Å². The van der Waals surface area contributed by atoms with Crippen molar-refractivity contribution in [2.24, 2.45) is 16.6 Å². The first-order valence-electron chi connectivity index (χ1n) is 6.75. The summed E-state index contributed by atoms with van der Waals surface area (Å²) in [5.41, 5.74) is 9.68. The number of hydrogen-bond acceptors (Lipinski definition) is 1. The van der Waals surface area contributed by atoms with Gasteiger partial charge in [0, 0.05) is 6.54 Å². The van der Waals surface area contributed by atoms with E-state index >= 15 is 0 Å². The number of aliphatic imine (C=N–C) groups is 1. The summed E-state index contributed by atoms with van der Waals surface area (Å²) < 4.78 is 0. The zero-order chi connectivity index (χ0) is 13.0. The van der Waals surface area contributed by atoms with Gasteiger partial charge in [0.05, 0.1) is 6.54 Å². The van der Waals surface area contributed by atoms with Crippen molar-refractivity contribution in [1.82, 2.24) is 5.32 Å². The lowest BCUT2D eigenvalue weighted by atomic mass is 9.85. The lowest BCUT2D eigenvalue weighted by molar-refractivity contribution is 0.315. The Hall–Kier alpha value is -1.51. The Morgan fingerprint density at radius 2 is 2.17 bits per heavy atom. The van der Waals surface area contributed by atoms with E-state index in [1.807, 2.05) is 0 Å². The van der Waals surface area contributed by atoms with Crippen LogP contribution in [0.3, 0.4) is 0 Å². The summed E-state index contributed by atoms with van der Waals surface area (Å²) in [6.45, 7) is 5.86. The Kier molecular flexibility index (Phi) is 4.24. The van der Waals surface area contributed by atoms with E-state index in [9.17, 15) is 0 Å². The molecule has 0 amide bonds. The SMILES string of the molecule is Cc1ccc(CN=C(N)NCC2CCC2)c(C)c1. The Morgan fingerprint density at radius 1 is 1.39 bits per heavy atom. The number of hydrogen-bond donors (Lipinski definition) is 2. The van der Waals surface area contributed by atoms with Gasteiger partial charge in [-0.25, -0.2) is 4.99 Å². The van der Waals surface area contributed by atoms with E-state index < -0.39 is 0 Å². The van der Waals surface area contributed by atoms with Gasteiger partial charge in [0.25, 0.3) is 0 Å². The molecule has 3 N–H and O–H groups in total. The molecule has 0 spiro atoms. The highest BCUT2D eigenvalue weighted by atomic mass is 15.1. The van der Waals surface area contributed by atoms with Crippen LogP contribution >= 0.6 is 0 Å². The van der Waals surface area contributed by atoms with E-state index in [2.05, 4.69) is 42.4 Å². The van der Waals surface area contributed by atoms with Gasteiger partial charge in [-0.15, -0.1) is 0 Å². The molecule has 1 aliphatic rings. The van der Waals surface area contributed by atoms with Crippen LogP contribution in [0.1, 0.15) is 36.0 Å². The van der Waals surface area contributed by atoms with E-state index in [0.717, 1.165) is 12.5 Å². The normalized spacial score (nSPS) is 16.4. The predicted octanol–water partition coefficient (Wildman–Crippen LogP) is 2.51. The van der Waals surface area contributed by atoms with Crippen LogP contribution in [0.5, 0.6) is 0 Å². The van der Waals surface area contributed by atoms with Gasteiger partial charge < -0.3 is 11.1 Å². The Bertz CT molecular complexity index is 433. The first kappa shape index (κ1) is 12.9. The molecule has 0 atom stereocenters. The van der Waals surface area contributed by atoms with Crippen molar-refractivity contribution < 1.29 is 0 Å². The lowest BCUT2D eigenvalue weighted by Crippen LogP contribution is -2.37. The summed E-state index contributed by atoms with van der Waals surface area (Å²) >= 11 is 0. The molecule has 0 aliphatic heterocycles. The maximum atomic E-state index is 5.87. The Morgan fingerprint density at radius 3 is 2.78 bits per heavy atom. The summed E-state index contributed by atoms with van der Waals surface area (Å²) in [5.74, 6) is 1.38. The highest BCUT2D eigenvalue weighted by molar-refractivity contribution is 5.77. The van der Waals surface area contributed by atoms with Crippen LogP contribution in [-0.4, -0.2) is 12.5 Å². The third-order valence-electron chi connectivity index (χ3n) is 3.71. The van der Waals surface area contributed by atoms with Gasteiger partial charge >= 0.3 is 0 Å². The van der Waals surface area contributed by atoms with Gasteiger partial charge in [0.1, 0.15) is 0 Å². The molecule has 1 saturated carbocycles. The second-order valence-electron chi connectivity index (χ2n) is 5.31. The average molecular weight is 245 g/mol. The van der Waals surface area contributed by atoms with E-state index in [-0.39, 0.29) is 0 Å². The van der Waals surface area contributed by atoms with E-state index in [1.54, 1.807) is 0 Å². The predicted molar refractivity (Wildman–Crippen MR) is 76.6 cm³/mol. The van der Waals surface area contributed by atoms with Crippen LogP contribution in [0.4, 0.5) is 0 Å². The van der Waals surface area contributed by atoms with Crippen molar-refractivity contribution >= 4 is 5.96 Å². The van der Waals surface area contributed by atoms with Crippen LogP contribution in [-0.2, 0) is 6.54 Å². The minimum Gasteiger partial charge on any atom is -0.370 e. The number of aryl methyl sites for hydroxylation is 2. The molecule has 0 radical (unpaired) electrons. The summed E-state index contributed by atoms with van der Waals surface area (Å²) in [6.07, 6.45) is 4.03. The molecule has 1 aliphatic carbocycles. The molecule has 0 bridgehead atoms. The molecule has 3 heteroatoms. The first-order chi connectivity index (χ1) is 8.65. The number of guanidine groups is 1. The van der Waals surface area contributed by atoms with Gasteiger partial charge in [0.15, 0.2) is 5.96 Å². The van der Waals surface area contributed by atoms with Gasteiger partial charge in [0.2, 0.25) is 0 Å². The molecule has 0 saturated heterocycles. The third-order valence-corrected chi connectivity index (χ3v) is 3.71. The molecule has 1 aromatic rings. The molecule has 1 aromatic carbocycles. The molecular weight excluding hydrogens is 222 g/mol. The van der Waals surface area contributed by atoms with E-state index in [1.165, 1.54) is 36.0 Å². The first-order valence-corrected chi connectivity index (χ1v) is 6.75. The van der Waals surface area contributed by atoms with Gasteiger partial charge in [-0.05, 0) is 43.7 Å². The molecule has 1 fully saturated rings. The van der Waals surface area contributed by atoms with Crippen molar-refractivity contribution in [1.29, 1.82) is 0 Å². The van der Waals surface area contributed by atoms with Crippen molar-refractivity contribution in [3.05, 3.63) is 34.9 Å². The summed E-state index contributed by atoms with van der Waals surface area (Å²) in [7, 11) is 0. The van der Waals surface area contributed by atoms with Crippen LogP contribution in [0.2, 0.25) is 0 Å². The minimum atomic E-state index is 0.571. The fourth-order valence-corrected chi connectivity index (χ4v) is 2.20. The smallest absolute Gasteiger partial charge is 0.188 e. The second-order valence-corrected chi connectivity index (χ2v) is 5.31. The van der Waals surface area contributed by atoms with Crippen molar-refractivity contribution in [2.75, 3.05) is 6.54 Å². The topological polar surface area (TPSA) is 50.4 Å². The molecule has 18 heavy (non-hydrogen) atoms. The number of nitrogens with zero attached hydrogens (tertiary/aromatic N) is 1. The summed E-state index contributed by atoms with van der Waals surface area (Å²) in [6, 6.07) is 6.44. The summed E-state index contributed by atoms with van der Waals surface area (Å²) in [4.78, 5) is 4.40. The standard InChI is InChI=1S/C15H23N3/c1-11-6-7-14(12(2)8-11)10-18-15(16)17-9-13-4-3-5-13/h6-8,13H,3-5,9-10H2,1-2H3,(H3,16,17,18). The second kappa shape index (κ2) is 5.89. The molecule has 0 heterocycles. The number of benzene rings is 1. The van der Waals surface area contributed by atoms with Crippen molar-refractivity contribution in [2.45, 2.75) is 39.7 Å². The zero-order valence-electron chi connectivity index (χ0n) is 11.4.